The molecule has 1 saturated carbocycles. The van der Waals surface area contributed by atoms with Gasteiger partial charge in [-0.05, 0) is 43.4 Å². The highest BCUT2D eigenvalue weighted by atomic mass is 16.5. The number of ether oxygens (including phenoxy) is 1. The molecule has 1 heterocycles. The topological polar surface area (TPSA) is 49.8 Å². The summed E-state index contributed by atoms with van der Waals surface area (Å²) in [6.45, 7) is 0.788. The van der Waals surface area contributed by atoms with E-state index in [0.717, 1.165) is 56.4 Å². The highest BCUT2D eigenvalue weighted by molar-refractivity contribution is 5.78. The monoisotopic (exact) mass is 303 g/mol. The molecule has 1 amide bonds. The molecular weight excluding hydrogens is 278 g/mol. The molecule has 0 aromatic heterocycles. The van der Waals surface area contributed by atoms with Gasteiger partial charge in [-0.25, -0.2) is 0 Å². The normalized spacial score (nSPS) is 23.7. The standard InChI is InChI=1S/C18H25NO3/c1-22-15-7-4-6-14(12-15)16-8-5-11-19(16)17(20)13-18(21)9-2-3-10-18/h4,6-7,12,16,21H,2-3,5,8-11,13H2,1H3. The van der Waals surface area contributed by atoms with E-state index in [9.17, 15) is 9.90 Å². The Morgan fingerprint density at radius 3 is 2.86 bits per heavy atom. The third-order valence-corrected chi connectivity index (χ3v) is 5.07. The Hall–Kier alpha value is -1.55. The molecule has 0 radical (unpaired) electrons. The summed E-state index contributed by atoms with van der Waals surface area (Å²) in [6, 6.07) is 8.09. The van der Waals surface area contributed by atoms with Gasteiger partial charge in [0.05, 0.1) is 25.2 Å². The van der Waals surface area contributed by atoms with Crippen LogP contribution in [0.4, 0.5) is 0 Å². The third kappa shape index (κ3) is 3.12. The zero-order valence-electron chi connectivity index (χ0n) is 13.3. The van der Waals surface area contributed by atoms with Crippen LogP contribution in [-0.4, -0.2) is 35.2 Å². The summed E-state index contributed by atoms with van der Waals surface area (Å²) in [7, 11) is 1.66. The molecule has 120 valence electrons. The fourth-order valence-electron chi connectivity index (χ4n) is 3.85. The molecule has 4 heteroatoms. The first-order valence-electron chi connectivity index (χ1n) is 8.27. The summed E-state index contributed by atoms with van der Waals surface area (Å²) in [5.41, 5.74) is 0.363. The van der Waals surface area contributed by atoms with E-state index in [1.807, 2.05) is 23.1 Å². The highest BCUT2D eigenvalue weighted by Gasteiger charge is 2.38. The fraction of sp³-hybridized carbons (Fsp3) is 0.611. The van der Waals surface area contributed by atoms with E-state index in [2.05, 4.69) is 6.07 Å². The molecule has 1 unspecified atom stereocenters. The molecule has 0 bridgehead atoms. The van der Waals surface area contributed by atoms with Gasteiger partial charge in [0.2, 0.25) is 5.91 Å². The van der Waals surface area contributed by atoms with E-state index in [-0.39, 0.29) is 18.4 Å². The molecule has 1 aromatic rings. The van der Waals surface area contributed by atoms with E-state index < -0.39 is 5.60 Å². The number of likely N-dealkylation sites (tertiary alicyclic amines) is 1. The number of rotatable bonds is 4. The van der Waals surface area contributed by atoms with Crippen LogP contribution >= 0.6 is 0 Å². The van der Waals surface area contributed by atoms with Crippen LogP contribution < -0.4 is 4.74 Å². The summed E-state index contributed by atoms with van der Waals surface area (Å²) in [6.07, 6.45) is 5.86. The second-order valence-corrected chi connectivity index (χ2v) is 6.63. The summed E-state index contributed by atoms with van der Waals surface area (Å²) in [4.78, 5) is 14.6. The first-order chi connectivity index (χ1) is 10.6. The predicted molar refractivity (Wildman–Crippen MR) is 84.7 cm³/mol. The van der Waals surface area contributed by atoms with Crippen LogP contribution in [0.5, 0.6) is 5.75 Å². The second-order valence-electron chi connectivity index (χ2n) is 6.63. The SMILES string of the molecule is COc1cccc(C2CCCN2C(=O)CC2(O)CCCC2)c1. The Morgan fingerprint density at radius 1 is 1.36 bits per heavy atom. The third-order valence-electron chi connectivity index (χ3n) is 5.07. The summed E-state index contributed by atoms with van der Waals surface area (Å²) in [5, 5.41) is 10.5. The quantitative estimate of drug-likeness (QED) is 0.930. The molecule has 0 spiro atoms. The number of nitrogens with zero attached hydrogens (tertiary/aromatic N) is 1. The molecule has 1 N–H and O–H groups in total. The number of hydrogen-bond acceptors (Lipinski definition) is 3. The Morgan fingerprint density at radius 2 is 2.14 bits per heavy atom. The van der Waals surface area contributed by atoms with Crippen molar-refractivity contribution < 1.29 is 14.6 Å². The number of carbonyl (C=O) groups excluding carboxylic acids is 1. The van der Waals surface area contributed by atoms with Crippen molar-refractivity contribution >= 4 is 5.91 Å². The number of aliphatic hydroxyl groups is 1. The lowest BCUT2D eigenvalue weighted by Crippen LogP contribution is -2.37. The Bertz CT molecular complexity index is 537. The van der Waals surface area contributed by atoms with Gasteiger partial charge in [-0.15, -0.1) is 0 Å². The fourth-order valence-corrected chi connectivity index (χ4v) is 3.85. The molecule has 3 rings (SSSR count). The molecule has 4 nitrogen and oxygen atoms in total. The zero-order chi connectivity index (χ0) is 15.6. The van der Waals surface area contributed by atoms with Gasteiger partial charge in [0.1, 0.15) is 5.75 Å². The number of amides is 1. The van der Waals surface area contributed by atoms with E-state index in [1.54, 1.807) is 7.11 Å². The van der Waals surface area contributed by atoms with Crippen LogP contribution in [0.1, 0.15) is 56.6 Å². The van der Waals surface area contributed by atoms with E-state index >= 15 is 0 Å². The van der Waals surface area contributed by atoms with E-state index in [0.29, 0.717) is 0 Å². The Labute approximate surface area is 132 Å². The molecule has 22 heavy (non-hydrogen) atoms. The first-order valence-corrected chi connectivity index (χ1v) is 8.27. The minimum Gasteiger partial charge on any atom is -0.497 e. The predicted octanol–water partition coefficient (Wildman–Crippen LogP) is 3.05. The van der Waals surface area contributed by atoms with Gasteiger partial charge in [-0.2, -0.15) is 0 Å². The molecular formula is C18H25NO3. The van der Waals surface area contributed by atoms with Crippen molar-refractivity contribution in [2.24, 2.45) is 0 Å². The van der Waals surface area contributed by atoms with Crippen molar-refractivity contribution in [2.75, 3.05) is 13.7 Å². The zero-order valence-corrected chi connectivity index (χ0v) is 13.3. The van der Waals surface area contributed by atoms with Gasteiger partial charge >= 0.3 is 0 Å². The molecule has 1 aromatic carbocycles. The van der Waals surface area contributed by atoms with Crippen molar-refractivity contribution in [2.45, 2.75) is 56.6 Å². The summed E-state index contributed by atoms with van der Waals surface area (Å²) >= 11 is 0. The number of benzene rings is 1. The Kier molecular flexibility index (Phi) is 4.39. The largest absolute Gasteiger partial charge is 0.497 e. The maximum Gasteiger partial charge on any atom is 0.225 e. The van der Waals surface area contributed by atoms with Crippen LogP contribution in [0.2, 0.25) is 0 Å². The maximum absolute atomic E-state index is 12.7. The minimum absolute atomic E-state index is 0.0923. The molecule has 1 atom stereocenters. The lowest BCUT2D eigenvalue weighted by atomic mass is 9.96. The van der Waals surface area contributed by atoms with Crippen molar-refractivity contribution in [3.8, 4) is 5.75 Å². The summed E-state index contributed by atoms with van der Waals surface area (Å²) < 4.78 is 5.29. The van der Waals surface area contributed by atoms with Gasteiger partial charge in [-0.1, -0.05) is 25.0 Å². The van der Waals surface area contributed by atoms with Crippen molar-refractivity contribution in [1.29, 1.82) is 0 Å². The molecule has 1 aliphatic carbocycles. The molecule has 2 aliphatic rings. The average molecular weight is 303 g/mol. The van der Waals surface area contributed by atoms with Gasteiger partial charge in [0, 0.05) is 6.54 Å². The molecule has 2 fully saturated rings. The molecule has 1 saturated heterocycles. The number of hydrogen-bond donors (Lipinski definition) is 1. The number of carbonyl (C=O) groups is 1. The lowest BCUT2D eigenvalue weighted by molar-refractivity contribution is -0.137. The summed E-state index contributed by atoms with van der Waals surface area (Å²) in [5.74, 6) is 0.918. The Balaban J connectivity index is 1.73. The van der Waals surface area contributed by atoms with E-state index in [4.69, 9.17) is 4.74 Å². The van der Waals surface area contributed by atoms with Crippen molar-refractivity contribution in [1.82, 2.24) is 4.90 Å². The van der Waals surface area contributed by atoms with Crippen LogP contribution in [-0.2, 0) is 4.79 Å². The maximum atomic E-state index is 12.7. The van der Waals surface area contributed by atoms with Gasteiger partial charge in [0.15, 0.2) is 0 Å². The lowest BCUT2D eigenvalue weighted by Gasteiger charge is -2.29. The highest BCUT2D eigenvalue weighted by Crippen LogP contribution is 2.37. The van der Waals surface area contributed by atoms with Crippen molar-refractivity contribution in [3.63, 3.8) is 0 Å². The van der Waals surface area contributed by atoms with Gasteiger partial charge < -0.3 is 14.7 Å². The van der Waals surface area contributed by atoms with Crippen LogP contribution in [0.3, 0.4) is 0 Å². The van der Waals surface area contributed by atoms with Crippen LogP contribution in [0, 0.1) is 0 Å². The number of methoxy groups -OCH3 is 1. The smallest absolute Gasteiger partial charge is 0.225 e. The van der Waals surface area contributed by atoms with Crippen LogP contribution in [0.25, 0.3) is 0 Å². The van der Waals surface area contributed by atoms with Crippen molar-refractivity contribution in [3.05, 3.63) is 29.8 Å². The van der Waals surface area contributed by atoms with Crippen LogP contribution in [0.15, 0.2) is 24.3 Å². The average Bonchev–Trinajstić information content (AvgIpc) is 3.16. The van der Waals surface area contributed by atoms with Gasteiger partial charge in [-0.3, -0.25) is 4.79 Å². The van der Waals surface area contributed by atoms with E-state index in [1.165, 1.54) is 0 Å². The first kappa shape index (κ1) is 15.3. The second kappa shape index (κ2) is 6.29. The molecule has 1 aliphatic heterocycles. The minimum atomic E-state index is -0.765. The van der Waals surface area contributed by atoms with Gasteiger partial charge in [0.25, 0.3) is 0 Å².